The Morgan fingerprint density at radius 1 is 1.00 bits per heavy atom. The van der Waals surface area contributed by atoms with Crippen LogP contribution in [0.2, 0.25) is 0 Å². The smallest absolute Gasteiger partial charge is 0.378 e. The Balaban J connectivity index is 2.50. The van der Waals surface area contributed by atoms with Gasteiger partial charge in [0.05, 0.1) is 19.1 Å². The fourth-order valence-electron chi connectivity index (χ4n) is 3.03. The lowest BCUT2D eigenvalue weighted by atomic mass is 9.81. The Morgan fingerprint density at radius 2 is 1.58 bits per heavy atom. The van der Waals surface area contributed by atoms with E-state index >= 15 is 0 Å². The molecule has 0 N–H and O–H groups in total. The van der Waals surface area contributed by atoms with E-state index in [9.17, 15) is 35.9 Å². The standard InChI is InChI=1S/C14H15F6NO3/c15-13(16,17)11(22)8-2-1-3-9(12(23)14(18,19)20)10(8)21-4-6-24-7-5-21/h8H,1-7H2. The van der Waals surface area contributed by atoms with E-state index in [1.54, 1.807) is 0 Å². The van der Waals surface area contributed by atoms with Crippen molar-refractivity contribution in [1.82, 2.24) is 4.90 Å². The van der Waals surface area contributed by atoms with Crippen LogP contribution < -0.4 is 0 Å². The number of ketones is 2. The summed E-state index contributed by atoms with van der Waals surface area (Å²) in [6, 6.07) is 0. The molecule has 24 heavy (non-hydrogen) atoms. The zero-order valence-electron chi connectivity index (χ0n) is 12.5. The minimum atomic E-state index is -5.20. The predicted octanol–water partition coefficient (Wildman–Crippen LogP) is 2.64. The molecule has 1 saturated heterocycles. The number of carbonyl (C=O) groups is 2. The number of hydrogen-bond donors (Lipinski definition) is 0. The van der Waals surface area contributed by atoms with Gasteiger partial charge in [-0.3, -0.25) is 9.59 Å². The van der Waals surface area contributed by atoms with Crippen molar-refractivity contribution >= 4 is 11.6 Å². The van der Waals surface area contributed by atoms with Gasteiger partial charge in [0.25, 0.3) is 5.78 Å². The minimum Gasteiger partial charge on any atom is -0.378 e. The largest absolute Gasteiger partial charge is 0.454 e. The average Bonchev–Trinajstić information content (AvgIpc) is 2.51. The number of ether oxygens (including phenoxy) is 1. The van der Waals surface area contributed by atoms with Crippen LogP contribution in [-0.4, -0.2) is 55.1 Å². The molecule has 1 unspecified atom stereocenters. The number of allylic oxidation sites excluding steroid dienone is 2. The van der Waals surface area contributed by atoms with E-state index in [1.807, 2.05) is 0 Å². The molecule has 0 amide bonds. The zero-order valence-corrected chi connectivity index (χ0v) is 12.5. The maximum atomic E-state index is 12.8. The number of nitrogens with zero attached hydrogens (tertiary/aromatic N) is 1. The number of carbonyl (C=O) groups excluding carboxylic acids is 2. The monoisotopic (exact) mass is 359 g/mol. The summed E-state index contributed by atoms with van der Waals surface area (Å²) in [5.41, 5.74) is -1.17. The maximum absolute atomic E-state index is 12.8. The van der Waals surface area contributed by atoms with E-state index < -0.39 is 41.1 Å². The molecule has 136 valence electrons. The van der Waals surface area contributed by atoms with Gasteiger partial charge in [-0.1, -0.05) is 0 Å². The van der Waals surface area contributed by atoms with E-state index in [-0.39, 0.29) is 45.6 Å². The topological polar surface area (TPSA) is 46.6 Å². The van der Waals surface area contributed by atoms with Crippen LogP contribution in [-0.2, 0) is 14.3 Å². The second-order valence-corrected chi connectivity index (χ2v) is 5.60. The van der Waals surface area contributed by atoms with Crippen LogP contribution >= 0.6 is 0 Å². The van der Waals surface area contributed by atoms with Crippen molar-refractivity contribution < 1.29 is 40.7 Å². The molecule has 0 aromatic rings. The van der Waals surface area contributed by atoms with Gasteiger partial charge in [0.1, 0.15) is 0 Å². The Kier molecular flexibility index (Phi) is 5.26. The van der Waals surface area contributed by atoms with Crippen molar-refractivity contribution in [3.63, 3.8) is 0 Å². The summed E-state index contributed by atoms with van der Waals surface area (Å²) in [6.45, 7) is 0.269. The zero-order chi connectivity index (χ0) is 18.1. The van der Waals surface area contributed by atoms with Crippen molar-refractivity contribution in [3.05, 3.63) is 11.3 Å². The third-order valence-corrected chi connectivity index (χ3v) is 4.04. The molecule has 0 radical (unpaired) electrons. The second kappa shape index (κ2) is 6.73. The van der Waals surface area contributed by atoms with Gasteiger partial charge in [0.15, 0.2) is 0 Å². The Labute approximate surface area is 133 Å². The Morgan fingerprint density at radius 3 is 2.08 bits per heavy atom. The Bertz CT molecular complexity index is 546. The molecule has 4 nitrogen and oxygen atoms in total. The summed E-state index contributed by atoms with van der Waals surface area (Å²) in [6.07, 6.45) is -11.0. The molecule has 2 rings (SSSR count). The lowest BCUT2D eigenvalue weighted by Gasteiger charge is -2.38. The first-order chi connectivity index (χ1) is 11.0. The SMILES string of the molecule is O=C(C1=C(N2CCOCC2)C(C(=O)C(F)(F)F)CCC1)C(F)(F)F. The molecular weight excluding hydrogens is 344 g/mol. The van der Waals surface area contributed by atoms with Crippen LogP contribution in [0.5, 0.6) is 0 Å². The van der Waals surface area contributed by atoms with Crippen molar-refractivity contribution in [2.75, 3.05) is 26.3 Å². The van der Waals surface area contributed by atoms with Gasteiger partial charge < -0.3 is 9.64 Å². The van der Waals surface area contributed by atoms with Crippen LogP contribution in [0.15, 0.2) is 11.3 Å². The highest BCUT2D eigenvalue weighted by Crippen LogP contribution is 2.39. The average molecular weight is 359 g/mol. The van der Waals surface area contributed by atoms with Crippen LogP contribution in [0.25, 0.3) is 0 Å². The molecule has 1 aliphatic heterocycles. The first kappa shape index (κ1) is 18.8. The molecule has 1 aliphatic carbocycles. The van der Waals surface area contributed by atoms with Crippen LogP contribution in [0.4, 0.5) is 26.3 Å². The van der Waals surface area contributed by atoms with Gasteiger partial charge in [-0.15, -0.1) is 0 Å². The van der Waals surface area contributed by atoms with Crippen LogP contribution in [0, 0.1) is 5.92 Å². The summed E-state index contributed by atoms with van der Waals surface area (Å²) in [4.78, 5) is 24.6. The highest BCUT2D eigenvalue weighted by atomic mass is 19.4. The molecule has 1 fully saturated rings. The fraction of sp³-hybridized carbons (Fsp3) is 0.714. The molecule has 2 aliphatic rings. The highest BCUT2D eigenvalue weighted by molar-refractivity contribution is 6.02. The number of halogens is 6. The van der Waals surface area contributed by atoms with Gasteiger partial charge in [-0.05, 0) is 19.3 Å². The molecule has 0 aromatic carbocycles. The minimum absolute atomic E-state index is 0.0333. The van der Waals surface area contributed by atoms with E-state index in [1.165, 1.54) is 4.90 Å². The van der Waals surface area contributed by atoms with Crippen LogP contribution in [0.3, 0.4) is 0 Å². The van der Waals surface area contributed by atoms with Gasteiger partial charge in [-0.2, -0.15) is 26.3 Å². The lowest BCUT2D eigenvalue weighted by Crippen LogP contribution is -2.45. The van der Waals surface area contributed by atoms with E-state index in [2.05, 4.69) is 0 Å². The molecule has 0 saturated carbocycles. The van der Waals surface area contributed by atoms with Gasteiger partial charge in [-0.25, -0.2) is 0 Å². The highest BCUT2D eigenvalue weighted by Gasteiger charge is 2.50. The number of rotatable bonds is 3. The normalized spacial score (nSPS) is 23.4. The van der Waals surface area contributed by atoms with Crippen molar-refractivity contribution in [2.24, 2.45) is 5.92 Å². The third-order valence-electron chi connectivity index (χ3n) is 4.04. The summed E-state index contributed by atoms with van der Waals surface area (Å²) in [5.74, 6) is -6.07. The van der Waals surface area contributed by atoms with Crippen LogP contribution in [0.1, 0.15) is 19.3 Å². The summed E-state index contributed by atoms with van der Waals surface area (Å²) >= 11 is 0. The number of alkyl halides is 6. The number of Topliss-reactive ketones (excluding diaryl/α,β-unsaturated/α-hetero) is 2. The molecular formula is C14H15F6NO3. The van der Waals surface area contributed by atoms with Gasteiger partial charge >= 0.3 is 12.4 Å². The quantitative estimate of drug-likeness (QED) is 0.727. The summed E-state index contributed by atoms with van der Waals surface area (Å²) < 4.78 is 81.9. The predicted molar refractivity (Wildman–Crippen MR) is 68.9 cm³/mol. The Hall–Kier alpha value is -1.58. The molecule has 0 spiro atoms. The van der Waals surface area contributed by atoms with E-state index in [4.69, 9.17) is 4.74 Å². The first-order valence-corrected chi connectivity index (χ1v) is 7.31. The van der Waals surface area contributed by atoms with Crippen molar-refractivity contribution in [2.45, 2.75) is 31.6 Å². The number of hydrogen-bond acceptors (Lipinski definition) is 4. The third kappa shape index (κ3) is 3.90. The van der Waals surface area contributed by atoms with Crippen molar-refractivity contribution in [1.29, 1.82) is 0 Å². The molecule has 1 atom stereocenters. The molecule has 0 bridgehead atoms. The molecule has 1 heterocycles. The second-order valence-electron chi connectivity index (χ2n) is 5.60. The maximum Gasteiger partial charge on any atom is 0.454 e. The van der Waals surface area contributed by atoms with E-state index in [0.29, 0.717) is 0 Å². The van der Waals surface area contributed by atoms with E-state index in [0.717, 1.165) is 0 Å². The first-order valence-electron chi connectivity index (χ1n) is 7.31. The van der Waals surface area contributed by atoms with Crippen molar-refractivity contribution in [3.8, 4) is 0 Å². The number of morpholine rings is 1. The van der Waals surface area contributed by atoms with Gasteiger partial charge in [0, 0.05) is 24.4 Å². The summed E-state index contributed by atoms with van der Waals surface area (Å²) in [5, 5.41) is 0. The fourth-order valence-corrected chi connectivity index (χ4v) is 3.03. The molecule has 10 heteroatoms. The van der Waals surface area contributed by atoms with Gasteiger partial charge in [0.2, 0.25) is 5.78 Å². The molecule has 0 aromatic heterocycles. The lowest BCUT2D eigenvalue weighted by molar-refractivity contribution is -0.176. The summed E-state index contributed by atoms with van der Waals surface area (Å²) in [7, 11) is 0.